The highest BCUT2D eigenvalue weighted by molar-refractivity contribution is 7.90. The van der Waals surface area contributed by atoms with E-state index in [0.717, 1.165) is 23.2 Å². The van der Waals surface area contributed by atoms with Crippen molar-refractivity contribution in [2.45, 2.75) is 44.5 Å². The van der Waals surface area contributed by atoms with Crippen molar-refractivity contribution in [3.05, 3.63) is 29.6 Å². The highest BCUT2D eigenvalue weighted by Crippen LogP contribution is 2.38. The average Bonchev–Trinajstić information content (AvgIpc) is 2.65. The minimum atomic E-state index is -1.27. The quantitative estimate of drug-likeness (QED) is 0.789. The van der Waals surface area contributed by atoms with Crippen molar-refractivity contribution in [3.63, 3.8) is 0 Å². The molecule has 2 aliphatic rings. The molecule has 2 aromatic rings. The molecule has 3 atom stereocenters. The summed E-state index contributed by atoms with van der Waals surface area (Å²) in [4.78, 5) is 6.85. The van der Waals surface area contributed by atoms with Crippen molar-refractivity contribution in [1.29, 1.82) is 0 Å². The molecule has 0 aliphatic carbocycles. The van der Waals surface area contributed by atoms with E-state index >= 15 is 0 Å². The van der Waals surface area contributed by atoms with E-state index in [0.29, 0.717) is 31.2 Å². The highest BCUT2D eigenvalue weighted by atomic mass is 32.2. The zero-order chi connectivity index (χ0) is 20.1. The van der Waals surface area contributed by atoms with Crippen molar-refractivity contribution < 1.29 is 18.4 Å². The normalized spacial score (nSPS) is 21.6. The first-order valence-corrected chi connectivity index (χ1v) is 10.7. The highest BCUT2D eigenvalue weighted by Gasteiger charge is 2.33. The number of halogens is 1. The largest absolute Gasteiger partial charge is 0.598 e. The average molecular weight is 408 g/mol. The Bertz CT molecular complexity index is 889. The van der Waals surface area contributed by atoms with Gasteiger partial charge in [-0.05, 0) is 45.4 Å². The summed E-state index contributed by atoms with van der Waals surface area (Å²) in [7, 11) is 0. The number of hydrogen-bond acceptors (Lipinski definition) is 6. The van der Waals surface area contributed by atoms with Gasteiger partial charge in [-0.3, -0.25) is 0 Å². The van der Waals surface area contributed by atoms with Crippen LogP contribution in [-0.2, 0) is 16.1 Å². The van der Waals surface area contributed by atoms with E-state index in [1.54, 1.807) is 0 Å². The Kier molecular flexibility index (Phi) is 5.16. The van der Waals surface area contributed by atoms with Crippen LogP contribution in [0.3, 0.4) is 0 Å². The summed E-state index contributed by atoms with van der Waals surface area (Å²) in [5, 5.41) is 0.835. The van der Waals surface area contributed by atoms with Gasteiger partial charge in [-0.2, -0.15) is 0 Å². The summed E-state index contributed by atoms with van der Waals surface area (Å²) in [6.07, 6.45) is 0. The number of nitrogens with one attached hydrogen (secondary N) is 1. The second kappa shape index (κ2) is 7.33. The summed E-state index contributed by atoms with van der Waals surface area (Å²) in [6.45, 7) is 10.2. The Morgan fingerprint density at radius 2 is 2.11 bits per heavy atom. The van der Waals surface area contributed by atoms with Crippen molar-refractivity contribution >= 4 is 28.0 Å². The van der Waals surface area contributed by atoms with Gasteiger partial charge in [-0.15, -0.1) is 4.72 Å². The van der Waals surface area contributed by atoms with Crippen molar-refractivity contribution in [2.75, 3.05) is 31.3 Å². The van der Waals surface area contributed by atoms with Crippen LogP contribution in [0.25, 0.3) is 10.9 Å². The van der Waals surface area contributed by atoms with Crippen molar-refractivity contribution in [3.8, 4) is 5.88 Å². The molecule has 2 aliphatic heterocycles. The molecule has 1 aromatic heterocycles. The molecule has 1 unspecified atom stereocenters. The van der Waals surface area contributed by atoms with Crippen LogP contribution in [0.15, 0.2) is 18.2 Å². The fourth-order valence-corrected chi connectivity index (χ4v) is 4.40. The predicted molar refractivity (Wildman–Crippen MR) is 109 cm³/mol. The maximum Gasteiger partial charge on any atom is 0.238 e. The molecule has 4 rings (SSSR count). The third-order valence-electron chi connectivity index (χ3n) is 5.13. The van der Waals surface area contributed by atoms with E-state index in [2.05, 4.69) is 14.6 Å². The lowest BCUT2D eigenvalue weighted by Crippen LogP contribution is -2.51. The number of ether oxygens (including phenoxy) is 2. The standard InChI is InChI=1S/C20H26FN3O3S/c1-12(23-28(25)20(2,3)4)15-7-13(21)8-17-16(15)9-18-19(22-17)27-11-14-10-26-6-5-24(14)18/h7-9,12,14,23H,5-6,10-11H2,1-4H3/t12-,14+,28?/m1/s1. The van der Waals surface area contributed by atoms with Crippen LogP contribution in [0.5, 0.6) is 5.88 Å². The molecule has 0 bridgehead atoms. The maximum absolute atomic E-state index is 14.3. The molecule has 1 fully saturated rings. The molecule has 1 aromatic carbocycles. The van der Waals surface area contributed by atoms with Crippen LogP contribution in [0.4, 0.5) is 10.1 Å². The third-order valence-corrected chi connectivity index (χ3v) is 6.81. The number of benzene rings is 1. The van der Waals surface area contributed by atoms with E-state index in [9.17, 15) is 8.94 Å². The predicted octanol–water partition coefficient (Wildman–Crippen LogP) is 3.08. The molecule has 1 saturated heterocycles. The van der Waals surface area contributed by atoms with E-state index in [-0.39, 0.29) is 17.9 Å². The minimum Gasteiger partial charge on any atom is -0.598 e. The van der Waals surface area contributed by atoms with Crippen LogP contribution < -0.4 is 14.4 Å². The van der Waals surface area contributed by atoms with Crippen LogP contribution in [0.2, 0.25) is 0 Å². The zero-order valence-corrected chi connectivity index (χ0v) is 17.4. The summed E-state index contributed by atoms with van der Waals surface area (Å²) in [5.74, 6) is 0.159. The minimum absolute atomic E-state index is 0.161. The molecule has 0 amide bonds. The number of morpholine rings is 1. The second-order valence-corrected chi connectivity index (χ2v) is 10.3. The van der Waals surface area contributed by atoms with Gasteiger partial charge in [-0.25, -0.2) is 9.37 Å². The van der Waals surface area contributed by atoms with Crippen LogP contribution in [0, 0.1) is 5.82 Å². The summed E-state index contributed by atoms with van der Waals surface area (Å²) >= 11 is -1.27. The topological polar surface area (TPSA) is 69.7 Å². The first kappa shape index (κ1) is 19.7. The van der Waals surface area contributed by atoms with Gasteiger partial charge in [0, 0.05) is 29.4 Å². The van der Waals surface area contributed by atoms with E-state index in [1.165, 1.54) is 12.1 Å². The molecule has 0 spiro atoms. The molecule has 8 heteroatoms. The monoisotopic (exact) mass is 407 g/mol. The molecule has 28 heavy (non-hydrogen) atoms. The molecule has 0 radical (unpaired) electrons. The van der Waals surface area contributed by atoms with Gasteiger partial charge in [-0.1, -0.05) is 0 Å². The van der Waals surface area contributed by atoms with Crippen molar-refractivity contribution in [2.24, 2.45) is 0 Å². The Hall–Kier alpha value is -1.61. The molecular weight excluding hydrogens is 381 g/mol. The SMILES string of the molecule is C[C@@H](N[S+]([O-])C(C)(C)C)c1cc(F)cc2nc3c(cc12)N1CCOC[C@H]1CO3. The van der Waals surface area contributed by atoms with E-state index < -0.39 is 16.1 Å². The summed E-state index contributed by atoms with van der Waals surface area (Å²) in [6, 6.07) is 4.79. The molecule has 3 heterocycles. The molecule has 1 N–H and O–H groups in total. The van der Waals surface area contributed by atoms with E-state index in [4.69, 9.17) is 9.47 Å². The Labute approximate surface area is 167 Å². The number of fused-ring (bicyclic) bond motifs is 4. The summed E-state index contributed by atoms with van der Waals surface area (Å²) < 4.78 is 40.9. The Morgan fingerprint density at radius 1 is 1.32 bits per heavy atom. The first-order chi connectivity index (χ1) is 13.2. The third kappa shape index (κ3) is 3.66. The number of nitrogens with zero attached hydrogens (tertiary/aromatic N) is 2. The number of pyridine rings is 1. The van der Waals surface area contributed by atoms with Crippen LogP contribution >= 0.6 is 0 Å². The molecule has 6 nitrogen and oxygen atoms in total. The Morgan fingerprint density at radius 3 is 2.86 bits per heavy atom. The van der Waals surface area contributed by atoms with Gasteiger partial charge in [0.05, 0.1) is 30.8 Å². The molecular formula is C20H26FN3O3S. The fourth-order valence-electron chi connectivity index (χ4n) is 3.60. The van der Waals surface area contributed by atoms with E-state index in [1.807, 2.05) is 33.8 Å². The smallest absolute Gasteiger partial charge is 0.238 e. The summed E-state index contributed by atoms with van der Waals surface area (Å²) in [5.41, 5.74) is 2.18. The molecule has 152 valence electrons. The van der Waals surface area contributed by atoms with Crippen molar-refractivity contribution in [1.82, 2.24) is 9.71 Å². The lowest BCUT2D eigenvalue weighted by Gasteiger charge is -2.40. The fraction of sp³-hybridized carbons (Fsp3) is 0.550. The lowest BCUT2D eigenvalue weighted by atomic mass is 10.0. The number of aromatic nitrogens is 1. The molecule has 0 saturated carbocycles. The van der Waals surface area contributed by atoms with Gasteiger partial charge in [0.1, 0.15) is 22.9 Å². The van der Waals surface area contributed by atoms with Gasteiger partial charge in [0.25, 0.3) is 0 Å². The second-order valence-electron chi connectivity index (χ2n) is 8.33. The number of rotatable bonds is 3. The number of hydrogen-bond donors (Lipinski definition) is 1. The van der Waals surface area contributed by atoms with Crippen LogP contribution in [-0.4, -0.2) is 46.7 Å². The van der Waals surface area contributed by atoms with Gasteiger partial charge < -0.3 is 18.9 Å². The van der Waals surface area contributed by atoms with Crippen LogP contribution in [0.1, 0.15) is 39.3 Å². The first-order valence-electron chi connectivity index (χ1n) is 9.53. The Balaban J connectivity index is 1.77. The zero-order valence-electron chi connectivity index (χ0n) is 16.6. The van der Waals surface area contributed by atoms with Gasteiger partial charge in [0.15, 0.2) is 0 Å². The maximum atomic E-state index is 14.3. The lowest BCUT2D eigenvalue weighted by molar-refractivity contribution is 0.0694. The van der Waals surface area contributed by atoms with Gasteiger partial charge >= 0.3 is 0 Å². The number of anilines is 1. The van der Waals surface area contributed by atoms with Gasteiger partial charge in [0.2, 0.25) is 5.88 Å².